The fourth-order valence-corrected chi connectivity index (χ4v) is 4.66. The number of halogens is 2. The Balaban J connectivity index is 1.63. The Hall–Kier alpha value is -2.56. The number of hydrogen-bond acceptors (Lipinski definition) is 2. The third kappa shape index (κ3) is 4.28. The SMILES string of the molecule is CC1(C)C(=O)N(c2cc(Cl)cc(Cl)c2)C(=O)N1Cc1ccccc1CC1C=CC=CC1. The maximum absolute atomic E-state index is 13.4. The average Bonchev–Trinajstić information content (AvgIpc) is 2.89. The summed E-state index contributed by atoms with van der Waals surface area (Å²) in [6.07, 6.45) is 10.4. The number of hydrogen-bond donors (Lipinski definition) is 0. The van der Waals surface area contributed by atoms with Crippen LogP contribution in [0.25, 0.3) is 0 Å². The van der Waals surface area contributed by atoms with Crippen molar-refractivity contribution in [1.29, 1.82) is 0 Å². The third-order valence-corrected chi connectivity index (χ3v) is 6.36. The number of anilines is 1. The van der Waals surface area contributed by atoms with Crippen LogP contribution in [0.2, 0.25) is 10.0 Å². The highest BCUT2D eigenvalue weighted by atomic mass is 35.5. The van der Waals surface area contributed by atoms with E-state index in [-0.39, 0.29) is 11.9 Å². The minimum Gasteiger partial charge on any atom is -0.305 e. The number of urea groups is 1. The van der Waals surface area contributed by atoms with Gasteiger partial charge in [0.2, 0.25) is 0 Å². The van der Waals surface area contributed by atoms with Crippen molar-refractivity contribution in [2.45, 2.75) is 38.8 Å². The highest BCUT2D eigenvalue weighted by Crippen LogP contribution is 2.36. The van der Waals surface area contributed by atoms with Crippen molar-refractivity contribution in [3.05, 3.63) is 87.9 Å². The molecular weight excluding hydrogens is 431 g/mol. The van der Waals surface area contributed by atoms with Crippen LogP contribution in [0.15, 0.2) is 66.8 Å². The van der Waals surface area contributed by atoms with Gasteiger partial charge in [-0.2, -0.15) is 0 Å². The molecule has 4 rings (SSSR count). The van der Waals surface area contributed by atoms with Gasteiger partial charge in [-0.15, -0.1) is 0 Å². The number of rotatable bonds is 5. The van der Waals surface area contributed by atoms with Crippen molar-refractivity contribution in [1.82, 2.24) is 4.90 Å². The molecule has 2 aromatic rings. The Morgan fingerprint density at radius 3 is 2.32 bits per heavy atom. The summed E-state index contributed by atoms with van der Waals surface area (Å²) in [6.45, 7) is 3.90. The molecule has 0 aromatic heterocycles. The molecule has 1 fully saturated rings. The fraction of sp³-hybridized carbons (Fsp3) is 0.280. The molecule has 0 bridgehead atoms. The summed E-state index contributed by atoms with van der Waals surface area (Å²) in [5.74, 6) is 0.133. The number of amides is 3. The van der Waals surface area contributed by atoms with E-state index in [2.05, 4.69) is 30.4 Å². The molecule has 1 aliphatic carbocycles. The van der Waals surface area contributed by atoms with Gasteiger partial charge in [-0.05, 0) is 61.9 Å². The Labute approximate surface area is 192 Å². The summed E-state index contributed by atoms with van der Waals surface area (Å²) in [4.78, 5) is 29.4. The van der Waals surface area contributed by atoms with Gasteiger partial charge in [-0.3, -0.25) is 4.79 Å². The predicted molar refractivity (Wildman–Crippen MR) is 125 cm³/mol. The van der Waals surface area contributed by atoms with Crippen LogP contribution in [0.4, 0.5) is 10.5 Å². The second kappa shape index (κ2) is 8.52. The summed E-state index contributed by atoms with van der Waals surface area (Å²) in [7, 11) is 0. The van der Waals surface area contributed by atoms with Gasteiger partial charge in [-0.25, -0.2) is 9.69 Å². The van der Waals surface area contributed by atoms with E-state index >= 15 is 0 Å². The van der Waals surface area contributed by atoms with Gasteiger partial charge in [0, 0.05) is 16.6 Å². The molecule has 2 aromatic carbocycles. The second-order valence-electron chi connectivity index (χ2n) is 8.48. The van der Waals surface area contributed by atoms with Gasteiger partial charge in [0.25, 0.3) is 5.91 Å². The Morgan fingerprint density at radius 2 is 1.68 bits per heavy atom. The van der Waals surface area contributed by atoms with E-state index in [0.717, 1.165) is 18.4 Å². The van der Waals surface area contributed by atoms with Gasteiger partial charge in [0.15, 0.2) is 0 Å². The molecule has 0 radical (unpaired) electrons. The number of carbonyl (C=O) groups is 2. The van der Waals surface area contributed by atoms with Crippen LogP contribution < -0.4 is 4.90 Å². The highest BCUT2D eigenvalue weighted by molar-refractivity contribution is 6.35. The van der Waals surface area contributed by atoms with Crippen LogP contribution in [-0.4, -0.2) is 22.4 Å². The molecule has 1 aliphatic heterocycles. The van der Waals surface area contributed by atoms with E-state index in [1.165, 1.54) is 10.5 Å². The lowest BCUT2D eigenvalue weighted by atomic mass is 9.90. The molecule has 1 unspecified atom stereocenters. The molecule has 31 heavy (non-hydrogen) atoms. The smallest absolute Gasteiger partial charge is 0.305 e. The molecule has 1 heterocycles. The molecule has 6 heteroatoms. The summed E-state index contributed by atoms with van der Waals surface area (Å²) < 4.78 is 0. The minimum atomic E-state index is -0.994. The maximum Gasteiger partial charge on any atom is 0.332 e. The van der Waals surface area contributed by atoms with E-state index in [1.54, 1.807) is 36.9 Å². The zero-order valence-corrected chi connectivity index (χ0v) is 19.0. The van der Waals surface area contributed by atoms with E-state index in [4.69, 9.17) is 23.2 Å². The molecule has 160 valence electrons. The van der Waals surface area contributed by atoms with Crippen LogP contribution in [0.5, 0.6) is 0 Å². The first-order valence-corrected chi connectivity index (χ1v) is 11.1. The van der Waals surface area contributed by atoms with Gasteiger partial charge in [0.1, 0.15) is 5.54 Å². The average molecular weight is 455 g/mol. The summed E-state index contributed by atoms with van der Waals surface area (Å²) >= 11 is 12.2. The topological polar surface area (TPSA) is 40.6 Å². The van der Waals surface area contributed by atoms with E-state index in [9.17, 15) is 9.59 Å². The van der Waals surface area contributed by atoms with E-state index in [1.807, 2.05) is 18.2 Å². The normalized spacial score (nSPS) is 20.1. The van der Waals surface area contributed by atoms with E-state index < -0.39 is 5.54 Å². The van der Waals surface area contributed by atoms with Crippen molar-refractivity contribution >= 4 is 40.8 Å². The van der Waals surface area contributed by atoms with Gasteiger partial charge < -0.3 is 4.90 Å². The molecule has 1 atom stereocenters. The van der Waals surface area contributed by atoms with Crippen molar-refractivity contribution in [3.63, 3.8) is 0 Å². The molecule has 0 spiro atoms. The first kappa shape index (κ1) is 21.7. The summed E-state index contributed by atoms with van der Waals surface area (Å²) in [5.41, 5.74) is 1.63. The molecular formula is C25H24Cl2N2O2. The maximum atomic E-state index is 13.4. The standard InChI is InChI=1S/C25H24Cl2N2O2/c1-25(2)23(30)29(22-14-20(26)13-21(27)15-22)24(31)28(25)16-19-11-7-6-10-18(19)12-17-8-4-3-5-9-17/h3-8,10-11,13-15,17H,9,12,16H2,1-2H3. The molecule has 0 N–H and O–H groups in total. The molecule has 2 aliphatic rings. The number of imide groups is 1. The van der Waals surface area contributed by atoms with Gasteiger partial charge in [0.05, 0.1) is 5.69 Å². The number of carbonyl (C=O) groups excluding carboxylic acids is 2. The van der Waals surface area contributed by atoms with E-state index in [0.29, 0.717) is 28.2 Å². The third-order valence-electron chi connectivity index (χ3n) is 5.93. The minimum absolute atomic E-state index is 0.298. The second-order valence-corrected chi connectivity index (χ2v) is 9.35. The van der Waals surface area contributed by atoms with Gasteiger partial charge in [-0.1, -0.05) is 71.8 Å². The fourth-order valence-electron chi connectivity index (χ4n) is 4.14. The molecule has 0 saturated carbocycles. The monoisotopic (exact) mass is 454 g/mol. The summed E-state index contributed by atoms with van der Waals surface area (Å²) in [6, 6.07) is 12.5. The summed E-state index contributed by atoms with van der Waals surface area (Å²) in [5, 5.41) is 0.749. The van der Waals surface area contributed by atoms with Crippen molar-refractivity contribution in [2.24, 2.45) is 5.92 Å². The van der Waals surface area contributed by atoms with Crippen molar-refractivity contribution < 1.29 is 9.59 Å². The number of benzene rings is 2. The molecule has 3 amide bonds. The lowest BCUT2D eigenvalue weighted by Gasteiger charge is -2.29. The zero-order valence-electron chi connectivity index (χ0n) is 17.5. The van der Waals surface area contributed by atoms with Crippen molar-refractivity contribution in [2.75, 3.05) is 4.90 Å². The largest absolute Gasteiger partial charge is 0.332 e. The number of nitrogens with zero attached hydrogens (tertiary/aromatic N) is 2. The predicted octanol–water partition coefficient (Wildman–Crippen LogP) is 6.42. The van der Waals surface area contributed by atoms with Crippen LogP contribution in [0, 0.1) is 5.92 Å². The van der Waals surface area contributed by atoms with Gasteiger partial charge >= 0.3 is 6.03 Å². The quantitative estimate of drug-likeness (QED) is 0.489. The zero-order chi connectivity index (χ0) is 22.2. The Bertz CT molecular complexity index is 1070. The lowest BCUT2D eigenvalue weighted by molar-refractivity contribution is -0.123. The van der Waals surface area contributed by atoms with Crippen LogP contribution in [-0.2, 0) is 17.8 Å². The number of allylic oxidation sites excluding steroid dienone is 4. The highest BCUT2D eigenvalue weighted by Gasteiger charge is 2.51. The molecule has 4 nitrogen and oxygen atoms in total. The van der Waals surface area contributed by atoms with Crippen molar-refractivity contribution in [3.8, 4) is 0 Å². The lowest BCUT2D eigenvalue weighted by Crippen LogP contribution is -2.43. The Kier molecular flexibility index (Phi) is 5.96. The van der Waals surface area contributed by atoms with Crippen LogP contribution >= 0.6 is 23.2 Å². The molecule has 1 saturated heterocycles. The first-order valence-electron chi connectivity index (χ1n) is 10.3. The van der Waals surface area contributed by atoms with Crippen LogP contribution in [0.3, 0.4) is 0 Å². The Morgan fingerprint density at radius 1 is 1.00 bits per heavy atom. The first-order chi connectivity index (χ1) is 14.8. The van der Waals surface area contributed by atoms with Crippen LogP contribution in [0.1, 0.15) is 31.4 Å².